The monoisotopic (exact) mass is 583 g/mol. The maximum absolute atomic E-state index is 13.4. The van der Waals surface area contributed by atoms with Crippen molar-refractivity contribution in [2.45, 2.75) is 70.9 Å². The minimum absolute atomic E-state index is 0.149. The highest BCUT2D eigenvalue weighted by molar-refractivity contribution is 6.16. The second-order valence-corrected chi connectivity index (χ2v) is 10.1. The lowest BCUT2D eigenvalue weighted by atomic mass is 9.83. The average Bonchev–Trinajstić information content (AvgIpc) is 3.00. The molecule has 0 aliphatic carbocycles. The van der Waals surface area contributed by atoms with E-state index in [1.807, 2.05) is 32.0 Å². The molecule has 0 spiro atoms. The molecule has 0 unspecified atom stereocenters. The molecule has 222 valence electrons. The highest BCUT2D eigenvalue weighted by Gasteiger charge is 2.40. The molecular formula is C29H31F6N3O3. The van der Waals surface area contributed by atoms with Crippen molar-refractivity contribution in [1.29, 1.82) is 0 Å². The summed E-state index contributed by atoms with van der Waals surface area (Å²) in [6.45, 7) is 3.76. The van der Waals surface area contributed by atoms with E-state index in [2.05, 4.69) is 10.3 Å². The molecule has 0 aromatic heterocycles. The van der Waals surface area contributed by atoms with Gasteiger partial charge in [0.15, 0.2) is 11.9 Å². The third kappa shape index (κ3) is 8.64. The van der Waals surface area contributed by atoms with Crippen LogP contribution in [0, 0.1) is 18.8 Å². The average molecular weight is 584 g/mol. The summed E-state index contributed by atoms with van der Waals surface area (Å²) in [6.07, 6.45) is -15.6. The fourth-order valence-electron chi connectivity index (χ4n) is 5.01. The lowest BCUT2D eigenvalue weighted by molar-refractivity contribution is -0.152. The molecule has 0 bridgehead atoms. The van der Waals surface area contributed by atoms with E-state index in [-0.39, 0.29) is 6.42 Å². The Kier molecular flexibility index (Phi) is 9.98. The van der Waals surface area contributed by atoms with E-state index in [1.165, 1.54) is 0 Å². The van der Waals surface area contributed by atoms with Gasteiger partial charge in [-0.3, -0.25) is 19.4 Å². The number of nitrogens with two attached hydrogens (primary N) is 1. The molecule has 2 aromatic carbocycles. The van der Waals surface area contributed by atoms with Crippen LogP contribution in [0.25, 0.3) is 0 Å². The number of benzene rings is 2. The number of nitrogens with zero attached hydrogens (tertiary/aromatic N) is 1. The zero-order valence-corrected chi connectivity index (χ0v) is 22.5. The number of carbonyl (C=O) groups excluding carboxylic acids is 3. The number of ketones is 1. The fourth-order valence-corrected chi connectivity index (χ4v) is 5.01. The molecule has 1 aliphatic heterocycles. The van der Waals surface area contributed by atoms with Gasteiger partial charge in [-0.25, -0.2) is 0 Å². The molecule has 3 N–H and O–H groups in total. The highest BCUT2D eigenvalue weighted by Crippen LogP contribution is 2.33. The van der Waals surface area contributed by atoms with Gasteiger partial charge < -0.3 is 11.1 Å². The molecule has 3 atom stereocenters. The first kappa shape index (κ1) is 31.8. The molecular weight excluding hydrogens is 552 g/mol. The Bertz CT molecular complexity index is 1320. The van der Waals surface area contributed by atoms with Gasteiger partial charge in [0.05, 0.1) is 5.71 Å². The Morgan fingerprint density at radius 1 is 1.00 bits per heavy atom. The summed E-state index contributed by atoms with van der Waals surface area (Å²) in [6, 6.07) is 12.6. The number of nitrogens with one attached hydrogen (secondary N) is 1. The summed E-state index contributed by atoms with van der Waals surface area (Å²) in [5.74, 6) is -6.81. The van der Waals surface area contributed by atoms with Crippen LogP contribution in [0.15, 0.2) is 47.5 Å². The van der Waals surface area contributed by atoms with Crippen molar-refractivity contribution in [2.75, 3.05) is 0 Å². The number of Topliss-reactive ketones (excluding diaryl/α,β-unsaturated/α-hetero) is 1. The Hall–Kier alpha value is -3.70. The van der Waals surface area contributed by atoms with Gasteiger partial charge in [-0.2, -0.15) is 26.3 Å². The van der Waals surface area contributed by atoms with E-state index in [9.17, 15) is 40.7 Å². The first-order valence-corrected chi connectivity index (χ1v) is 13.1. The van der Waals surface area contributed by atoms with Crippen LogP contribution in [0.4, 0.5) is 26.3 Å². The third-order valence-corrected chi connectivity index (χ3v) is 7.06. The van der Waals surface area contributed by atoms with E-state index in [0.29, 0.717) is 28.8 Å². The van der Waals surface area contributed by atoms with E-state index in [0.717, 1.165) is 11.1 Å². The van der Waals surface area contributed by atoms with Gasteiger partial charge in [0, 0.05) is 42.2 Å². The van der Waals surface area contributed by atoms with Crippen molar-refractivity contribution in [1.82, 2.24) is 5.32 Å². The Morgan fingerprint density at radius 3 is 2.17 bits per heavy atom. The molecule has 41 heavy (non-hydrogen) atoms. The van der Waals surface area contributed by atoms with Gasteiger partial charge in [0.2, 0.25) is 11.8 Å². The number of primary amides is 1. The Labute approximate surface area is 233 Å². The largest absolute Gasteiger partial charge is 0.389 e. The van der Waals surface area contributed by atoms with Crippen molar-refractivity contribution in [3.8, 4) is 0 Å². The standard InChI is InChI=1S/C29H31F6N3O3/c1-3-17-7-5-9-19-22(17)15-23(39)26(37-24(19)18-8-4-6-16(2)14-18)38-27(41)21(11-13-29(33,34)35)20(25(36)40)10-12-28(30,31)32/h4-9,14,20-21,26H,3,10-13,15H2,1-2H3,(H2,36,40)(H,38,41)/t20-,21+,26+/m0/s1. The molecule has 0 saturated carbocycles. The molecule has 2 aromatic rings. The van der Waals surface area contributed by atoms with Crippen molar-refractivity contribution >= 4 is 23.3 Å². The maximum atomic E-state index is 13.4. The molecule has 3 rings (SSSR count). The van der Waals surface area contributed by atoms with Crippen molar-refractivity contribution in [2.24, 2.45) is 22.6 Å². The second-order valence-electron chi connectivity index (χ2n) is 10.1. The van der Waals surface area contributed by atoms with E-state index >= 15 is 0 Å². The van der Waals surface area contributed by atoms with Crippen LogP contribution in [-0.4, -0.2) is 41.8 Å². The first-order chi connectivity index (χ1) is 19.1. The summed E-state index contributed by atoms with van der Waals surface area (Å²) in [4.78, 5) is 43.4. The summed E-state index contributed by atoms with van der Waals surface area (Å²) in [5, 5.41) is 2.33. The van der Waals surface area contributed by atoms with Crippen LogP contribution in [0.2, 0.25) is 0 Å². The highest BCUT2D eigenvalue weighted by atomic mass is 19.4. The molecule has 1 aliphatic rings. The van der Waals surface area contributed by atoms with Crippen LogP contribution >= 0.6 is 0 Å². The lowest BCUT2D eigenvalue weighted by Gasteiger charge is -2.26. The number of hydrogen-bond acceptors (Lipinski definition) is 4. The van der Waals surface area contributed by atoms with Gasteiger partial charge in [0.1, 0.15) is 0 Å². The molecule has 0 saturated heterocycles. The fraction of sp³-hybridized carbons (Fsp3) is 0.448. The molecule has 6 nitrogen and oxygen atoms in total. The molecule has 2 amide bonds. The lowest BCUT2D eigenvalue weighted by Crippen LogP contribution is -2.47. The third-order valence-electron chi connectivity index (χ3n) is 7.06. The van der Waals surface area contributed by atoms with Crippen molar-refractivity contribution < 1.29 is 40.7 Å². The van der Waals surface area contributed by atoms with Crippen molar-refractivity contribution in [3.63, 3.8) is 0 Å². The van der Waals surface area contributed by atoms with Gasteiger partial charge in [-0.15, -0.1) is 0 Å². The number of amides is 2. The van der Waals surface area contributed by atoms with Gasteiger partial charge >= 0.3 is 12.4 Å². The normalized spacial score (nSPS) is 17.2. The maximum Gasteiger partial charge on any atom is 0.389 e. The van der Waals surface area contributed by atoms with E-state index in [4.69, 9.17) is 5.73 Å². The topological polar surface area (TPSA) is 102 Å². The predicted molar refractivity (Wildman–Crippen MR) is 140 cm³/mol. The van der Waals surface area contributed by atoms with Crippen LogP contribution < -0.4 is 11.1 Å². The smallest absolute Gasteiger partial charge is 0.369 e. The second kappa shape index (κ2) is 12.9. The molecule has 1 heterocycles. The van der Waals surface area contributed by atoms with Gasteiger partial charge in [-0.05, 0) is 43.4 Å². The van der Waals surface area contributed by atoms with Gasteiger partial charge in [0.25, 0.3) is 0 Å². The summed E-state index contributed by atoms with van der Waals surface area (Å²) < 4.78 is 78.0. The van der Waals surface area contributed by atoms with Crippen LogP contribution in [-0.2, 0) is 27.2 Å². The van der Waals surface area contributed by atoms with Crippen molar-refractivity contribution in [3.05, 3.63) is 70.3 Å². The van der Waals surface area contributed by atoms with Crippen LogP contribution in [0.1, 0.15) is 60.4 Å². The number of carbonyl (C=O) groups is 3. The van der Waals surface area contributed by atoms with E-state index < -0.39 is 73.6 Å². The summed E-state index contributed by atoms with van der Waals surface area (Å²) >= 11 is 0. The van der Waals surface area contributed by atoms with Gasteiger partial charge in [-0.1, -0.05) is 48.9 Å². The van der Waals surface area contributed by atoms with E-state index in [1.54, 1.807) is 24.3 Å². The minimum Gasteiger partial charge on any atom is -0.369 e. The minimum atomic E-state index is -4.75. The number of halogens is 6. The number of aliphatic imine (C=N–C) groups is 1. The number of alkyl halides is 6. The summed E-state index contributed by atoms with van der Waals surface area (Å²) in [5.41, 5.74) is 9.35. The number of fused-ring (bicyclic) bond motifs is 1. The summed E-state index contributed by atoms with van der Waals surface area (Å²) in [7, 11) is 0. The SMILES string of the molecule is CCc1cccc2c1CC(=O)[C@@H](NC(=O)[C@H](CCC(F)(F)F)[C@H](CCC(F)(F)F)C(N)=O)N=C2c1cccc(C)c1. The predicted octanol–water partition coefficient (Wildman–Crippen LogP) is 5.37. The number of hydrogen-bond donors (Lipinski definition) is 2. The Balaban J connectivity index is 2.04. The quantitative estimate of drug-likeness (QED) is 0.368. The van der Waals surface area contributed by atoms with Crippen LogP contribution in [0.5, 0.6) is 0 Å². The number of rotatable bonds is 10. The van der Waals surface area contributed by atoms with Crippen LogP contribution in [0.3, 0.4) is 0 Å². The molecule has 12 heteroatoms. The molecule has 0 radical (unpaired) electrons. The first-order valence-electron chi connectivity index (χ1n) is 13.1. The zero-order chi connectivity index (χ0) is 30.5. The molecule has 0 fully saturated rings. The Morgan fingerprint density at radius 2 is 1.61 bits per heavy atom. The number of aryl methyl sites for hydroxylation is 2. The zero-order valence-electron chi connectivity index (χ0n) is 22.5.